The fraction of sp³-hybridized carbons (Fsp3) is 0.571. The van der Waals surface area contributed by atoms with Crippen molar-refractivity contribution in [2.45, 2.75) is 44.1 Å². The number of amides is 1. The number of aromatic hydroxyl groups is 1. The largest absolute Gasteiger partial charge is 0.505 e. The maximum Gasteiger partial charge on any atom is 0.273 e. The zero-order valence-electron chi connectivity index (χ0n) is 10.9. The summed E-state index contributed by atoms with van der Waals surface area (Å²) in [7, 11) is 0. The van der Waals surface area contributed by atoms with Gasteiger partial charge in [0.1, 0.15) is 5.75 Å². The molecule has 0 saturated heterocycles. The van der Waals surface area contributed by atoms with Crippen molar-refractivity contribution in [1.82, 2.24) is 10.3 Å². The fourth-order valence-electron chi connectivity index (χ4n) is 2.46. The van der Waals surface area contributed by atoms with Crippen LogP contribution in [0.1, 0.15) is 49.0 Å². The third-order valence-electron chi connectivity index (χ3n) is 3.61. The molecule has 3 N–H and O–H groups in total. The van der Waals surface area contributed by atoms with Gasteiger partial charge in [-0.05, 0) is 25.0 Å². The van der Waals surface area contributed by atoms with Crippen LogP contribution in [0.2, 0.25) is 0 Å². The molecule has 1 aromatic rings. The van der Waals surface area contributed by atoms with Crippen molar-refractivity contribution in [3.8, 4) is 5.75 Å². The zero-order valence-corrected chi connectivity index (χ0v) is 10.9. The number of nitrogens with zero attached hydrogens (tertiary/aromatic N) is 1. The van der Waals surface area contributed by atoms with E-state index in [0.717, 1.165) is 25.7 Å². The van der Waals surface area contributed by atoms with Crippen LogP contribution in [0.4, 0.5) is 0 Å². The minimum atomic E-state index is -0.823. The molecule has 19 heavy (non-hydrogen) atoms. The quantitative estimate of drug-likeness (QED) is 0.724. The molecule has 1 saturated carbocycles. The Hall–Kier alpha value is -1.62. The first kappa shape index (κ1) is 13.8. The SMILES string of the molecule is O=C(NCC1(O)CCCCCC1)c1ncccc1O. The van der Waals surface area contributed by atoms with E-state index in [2.05, 4.69) is 10.3 Å². The first-order valence-electron chi connectivity index (χ1n) is 6.75. The molecule has 1 aliphatic rings. The van der Waals surface area contributed by atoms with E-state index < -0.39 is 11.5 Å². The summed E-state index contributed by atoms with van der Waals surface area (Å²) in [6.45, 7) is 0.210. The minimum absolute atomic E-state index is 0.000257. The normalized spacial score (nSPS) is 18.6. The van der Waals surface area contributed by atoms with Crippen LogP contribution in [0.5, 0.6) is 5.75 Å². The fourth-order valence-corrected chi connectivity index (χ4v) is 2.46. The standard InChI is InChI=1S/C14H20N2O3/c17-11-6-5-9-15-12(11)13(18)16-10-14(19)7-3-1-2-4-8-14/h5-6,9,17,19H,1-4,7-8,10H2,(H,16,18). The average molecular weight is 264 g/mol. The van der Waals surface area contributed by atoms with Crippen molar-refractivity contribution in [3.05, 3.63) is 24.0 Å². The molecule has 0 spiro atoms. The lowest BCUT2D eigenvalue weighted by atomic mass is 9.94. The molecule has 1 aliphatic carbocycles. The molecule has 0 aliphatic heterocycles. The maximum absolute atomic E-state index is 11.9. The molecule has 1 heterocycles. The number of carbonyl (C=O) groups excluding carboxylic acids is 1. The molecule has 5 nitrogen and oxygen atoms in total. The third kappa shape index (κ3) is 3.67. The Labute approximate surface area is 112 Å². The second-order valence-electron chi connectivity index (χ2n) is 5.19. The molecule has 1 fully saturated rings. The number of nitrogens with one attached hydrogen (secondary N) is 1. The van der Waals surface area contributed by atoms with E-state index in [1.807, 2.05) is 0 Å². The van der Waals surface area contributed by atoms with Crippen LogP contribution < -0.4 is 5.32 Å². The second-order valence-corrected chi connectivity index (χ2v) is 5.19. The Morgan fingerprint density at radius 2 is 2.00 bits per heavy atom. The van der Waals surface area contributed by atoms with Gasteiger partial charge in [0.2, 0.25) is 0 Å². The molecule has 2 rings (SSSR count). The van der Waals surface area contributed by atoms with Crippen LogP contribution in [0, 0.1) is 0 Å². The van der Waals surface area contributed by atoms with Gasteiger partial charge in [0, 0.05) is 12.7 Å². The predicted octanol–water partition coefficient (Wildman–Crippen LogP) is 1.60. The summed E-state index contributed by atoms with van der Waals surface area (Å²) in [6.07, 6.45) is 7.12. The lowest BCUT2D eigenvalue weighted by molar-refractivity contribution is 0.0245. The van der Waals surface area contributed by atoms with E-state index in [1.165, 1.54) is 12.3 Å². The van der Waals surface area contributed by atoms with E-state index >= 15 is 0 Å². The Bertz CT molecular complexity index is 440. The summed E-state index contributed by atoms with van der Waals surface area (Å²) in [5.74, 6) is -0.594. The van der Waals surface area contributed by atoms with Crippen LogP contribution in [-0.2, 0) is 0 Å². The van der Waals surface area contributed by atoms with E-state index in [-0.39, 0.29) is 18.0 Å². The Kier molecular flexibility index (Phi) is 4.37. The maximum atomic E-state index is 11.9. The van der Waals surface area contributed by atoms with Crippen LogP contribution in [0.25, 0.3) is 0 Å². The highest BCUT2D eigenvalue weighted by Crippen LogP contribution is 2.26. The highest BCUT2D eigenvalue weighted by atomic mass is 16.3. The van der Waals surface area contributed by atoms with Crippen molar-refractivity contribution in [1.29, 1.82) is 0 Å². The van der Waals surface area contributed by atoms with Gasteiger partial charge in [-0.1, -0.05) is 25.7 Å². The number of carbonyl (C=O) groups is 1. The Morgan fingerprint density at radius 3 is 2.63 bits per heavy atom. The molecule has 0 aromatic carbocycles. The highest BCUT2D eigenvalue weighted by molar-refractivity contribution is 5.94. The molecular formula is C14H20N2O3. The number of aliphatic hydroxyl groups is 1. The summed E-state index contributed by atoms with van der Waals surface area (Å²) in [5.41, 5.74) is -0.823. The van der Waals surface area contributed by atoms with Gasteiger partial charge < -0.3 is 15.5 Å². The third-order valence-corrected chi connectivity index (χ3v) is 3.61. The van der Waals surface area contributed by atoms with Gasteiger partial charge in [0.15, 0.2) is 5.69 Å². The Morgan fingerprint density at radius 1 is 1.32 bits per heavy atom. The molecule has 0 radical (unpaired) electrons. The molecule has 1 aromatic heterocycles. The summed E-state index contributed by atoms with van der Waals surface area (Å²) < 4.78 is 0. The predicted molar refractivity (Wildman–Crippen MR) is 70.9 cm³/mol. The molecular weight excluding hydrogens is 244 g/mol. The highest BCUT2D eigenvalue weighted by Gasteiger charge is 2.28. The zero-order chi connectivity index (χ0) is 13.7. The molecule has 5 heteroatoms. The lowest BCUT2D eigenvalue weighted by Crippen LogP contribution is -2.42. The van der Waals surface area contributed by atoms with Gasteiger partial charge in [-0.25, -0.2) is 4.98 Å². The average Bonchev–Trinajstić information content (AvgIpc) is 2.62. The molecule has 0 unspecified atom stereocenters. The molecule has 1 amide bonds. The van der Waals surface area contributed by atoms with Crippen LogP contribution in [0.15, 0.2) is 18.3 Å². The summed E-state index contributed by atoms with van der Waals surface area (Å²) in [4.78, 5) is 15.7. The van der Waals surface area contributed by atoms with Gasteiger partial charge in [0.05, 0.1) is 5.60 Å². The number of hydrogen-bond donors (Lipinski definition) is 3. The number of pyridine rings is 1. The van der Waals surface area contributed by atoms with Gasteiger partial charge in [-0.15, -0.1) is 0 Å². The van der Waals surface area contributed by atoms with Gasteiger partial charge >= 0.3 is 0 Å². The van der Waals surface area contributed by atoms with Crippen molar-refractivity contribution >= 4 is 5.91 Å². The minimum Gasteiger partial charge on any atom is -0.505 e. The first-order chi connectivity index (χ1) is 9.11. The van der Waals surface area contributed by atoms with Gasteiger partial charge in [-0.2, -0.15) is 0 Å². The van der Waals surface area contributed by atoms with E-state index in [1.54, 1.807) is 6.07 Å². The second kappa shape index (κ2) is 6.02. The summed E-state index contributed by atoms with van der Waals surface area (Å²) in [5, 5.41) is 22.6. The van der Waals surface area contributed by atoms with E-state index in [0.29, 0.717) is 12.8 Å². The monoisotopic (exact) mass is 264 g/mol. The van der Waals surface area contributed by atoms with E-state index in [9.17, 15) is 15.0 Å². The van der Waals surface area contributed by atoms with Crippen LogP contribution in [0.3, 0.4) is 0 Å². The van der Waals surface area contributed by atoms with Crippen molar-refractivity contribution < 1.29 is 15.0 Å². The topological polar surface area (TPSA) is 82.5 Å². The van der Waals surface area contributed by atoms with E-state index in [4.69, 9.17) is 0 Å². The number of aromatic nitrogens is 1. The van der Waals surface area contributed by atoms with Crippen molar-refractivity contribution in [2.24, 2.45) is 0 Å². The lowest BCUT2D eigenvalue weighted by Gasteiger charge is -2.26. The van der Waals surface area contributed by atoms with Crippen molar-refractivity contribution in [2.75, 3.05) is 6.54 Å². The van der Waals surface area contributed by atoms with Gasteiger partial charge in [-0.3, -0.25) is 4.79 Å². The number of hydrogen-bond acceptors (Lipinski definition) is 4. The smallest absolute Gasteiger partial charge is 0.273 e. The summed E-state index contributed by atoms with van der Waals surface area (Å²) in [6, 6.07) is 2.98. The molecule has 0 atom stereocenters. The van der Waals surface area contributed by atoms with Gasteiger partial charge in [0.25, 0.3) is 5.91 Å². The first-order valence-corrected chi connectivity index (χ1v) is 6.75. The van der Waals surface area contributed by atoms with Crippen LogP contribution >= 0.6 is 0 Å². The number of rotatable bonds is 3. The van der Waals surface area contributed by atoms with Crippen LogP contribution in [-0.4, -0.2) is 33.3 Å². The molecule has 104 valence electrons. The van der Waals surface area contributed by atoms with Crippen molar-refractivity contribution in [3.63, 3.8) is 0 Å². The summed E-state index contributed by atoms with van der Waals surface area (Å²) >= 11 is 0. The Balaban J connectivity index is 1.94. The molecule has 0 bridgehead atoms.